The van der Waals surface area contributed by atoms with Crippen LogP contribution >= 0.6 is 0 Å². The Bertz CT molecular complexity index is 1800. The Morgan fingerprint density at radius 3 is 2.30 bits per heavy atom. The first-order valence-electron chi connectivity index (χ1n) is 14.3. The number of rotatable bonds is 7. The fraction of sp³-hybridized carbons (Fsp3) is 0.448. The monoisotopic (exact) mass is 617 g/mol. The van der Waals surface area contributed by atoms with Gasteiger partial charge in [-0.05, 0) is 50.1 Å². The molecule has 2 N–H and O–H groups in total. The van der Waals surface area contributed by atoms with E-state index in [-0.39, 0.29) is 24.8 Å². The number of nitrogens with zero attached hydrogens (tertiary/aromatic N) is 6. The fourth-order valence-electron chi connectivity index (χ4n) is 6.43. The van der Waals surface area contributed by atoms with Gasteiger partial charge in [-0.3, -0.25) is 13.8 Å². The summed E-state index contributed by atoms with van der Waals surface area (Å²) in [5.41, 5.74) is 3.65. The van der Waals surface area contributed by atoms with Crippen molar-refractivity contribution in [2.45, 2.75) is 51.0 Å². The minimum Gasteiger partial charge on any atom is -0.303 e. The number of aromatic nitrogens is 4. The third kappa shape index (κ3) is 5.76. The topological polar surface area (TPSA) is 111 Å². The number of para-hydroxylation sites is 2. The minimum absolute atomic E-state index is 0.00737. The van der Waals surface area contributed by atoms with E-state index < -0.39 is 21.9 Å². The Kier molecular flexibility index (Phi) is 7.73. The Balaban J connectivity index is 1.15. The lowest BCUT2D eigenvalue weighted by atomic mass is 10.0. The van der Waals surface area contributed by atoms with Crippen LogP contribution in [-0.2, 0) is 42.9 Å². The number of alkyl halides is 3. The second-order valence-electron chi connectivity index (χ2n) is 11.3. The fourth-order valence-corrected chi connectivity index (χ4v) is 7.09. The van der Waals surface area contributed by atoms with Gasteiger partial charge in [0.15, 0.2) is 0 Å². The summed E-state index contributed by atoms with van der Waals surface area (Å²) in [7, 11) is -2.13. The molecular formula is C29H34F3N7O3S. The second kappa shape index (κ2) is 11.2. The summed E-state index contributed by atoms with van der Waals surface area (Å²) in [6.07, 6.45) is -1.52. The van der Waals surface area contributed by atoms with Gasteiger partial charge in [0.25, 0.3) is 10.2 Å². The van der Waals surface area contributed by atoms with Gasteiger partial charge in [0.1, 0.15) is 0 Å². The molecule has 0 spiro atoms. The maximum Gasteiger partial charge on any atom is 0.416 e. The largest absolute Gasteiger partial charge is 0.416 e. The third-order valence-electron chi connectivity index (χ3n) is 8.71. The molecule has 2 aliphatic rings. The number of benzene rings is 2. The molecule has 0 radical (unpaired) electrons. The molecule has 0 atom stereocenters. The maximum atomic E-state index is 13.1. The SMILES string of the molecule is Cn1c(=O)n(C2CCN(CCCn3nc(-c4ccc(C(F)(F)F)cc4)c4c3CCN(S(N)(=O)=O)C4)CC2)c2ccccc21. The van der Waals surface area contributed by atoms with Gasteiger partial charge in [-0.15, -0.1) is 0 Å². The summed E-state index contributed by atoms with van der Waals surface area (Å²) in [5, 5.41) is 10.2. The molecule has 2 aromatic carbocycles. The zero-order chi connectivity index (χ0) is 30.5. The normalized spacial score (nSPS) is 17.5. The highest BCUT2D eigenvalue weighted by Crippen LogP contribution is 2.34. The van der Waals surface area contributed by atoms with Crippen molar-refractivity contribution in [3.63, 3.8) is 0 Å². The summed E-state index contributed by atoms with van der Waals surface area (Å²) < 4.78 is 70.2. The van der Waals surface area contributed by atoms with Crippen molar-refractivity contribution in [2.24, 2.45) is 12.2 Å². The summed E-state index contributed by atoms with van der Waals surface area (Å²) in [6.45, 7) is 3.36. The van der Waals surface area contributed by atoms with E-state index >= 15 is 0 Å². The lowest BCUT2D eigenvalue weighted by molar-refractivity contribution is -0.137. The average molecular weight is 618 g/mol. The zero-order valence-electron chi connectivity index (χ0n) is 23.8. The number of piperidine rings is 1. The second-order valence-corrected chi connectivity index (χ2v) is 12.9. The van der Waals surface area contributed by atoms with Crippen LogP contribution in [0.25, 0.3) is 22.3 Å². The number of nitrogens with two attached hydrogens (primary N) is 1. The smallest absolute Gasteiger partial charge is 0.303 e. The summed E-state index contributed by atoms with van der Waals surface area (Å²) >= 11 is 0. The first-order chi connectivity index (χ1) is 20.4. The van der Waals surface area contributed by atoms with Crippen LogP contribution < -0.4 is 10.8 Å². The number of hydrogen-bond donors (Lipinski definition) is 1. The molecule has 1 fully saturated rings. The number of halogens is 3. The van der Waals surface area contributed by atoms with Gasteiger partial charge < -0.3 is 4.90 Å². The molecule has 10 nitrogen and oxygen atoms in total. The van der Waals surface area contributed by atoms with E-state index in [1.54, 1.807) is 11.6 Å². The van der Waals surface area contributed by atoms with Gasteiger partial charge in [-0.1, -0.05) is 24.3 Å². The lowest BCUT2D eigenvalue weighted by Gasteiger charge is -2.32. The predicted octanol–water partition coefficient (Wildman–Crippen LogP) is 3.51. The van der Waals surface area contributed by atoms with Crippen molar-refractivity contribution in [1.82, 2.24) is 28.1 Å². The van der Waals surface area contributed by atoms with Crippen molar-refractivity contribution >= 4 is 21.2 Å². The Labute approximate surface area is 247 Å². The Morgan fingerprint density at radius 1 is 0.977 bits per heavy atom. The first-order valence-corrected chi connectivity index (χ1v) is 15.8. The summed E-state index contributed by atoms with van der Waals surface area (Å²) in [6, 6.07) is 12.8. The van der Waals surface area contributed by atoms with E-state index in [1.165, 1.54) is 16.4 Å². The van der Waals surface area contributed by atoms with Crippen molar-refractivity contribution < 1.29 is 21.6 Å². The highest BCUT2D eigenvalue weighted by atomic mass is 32.2. The number of likely N-dealkylation sites (tertiary alicyclic amines) is 1. The molecule has 4 aromatic rings. The molecule has 43 heavy (non-hydrogen) atoms. The molecule has 0 aliphatic carbocycles. The number of imidazole rings is 1. The molecule has 0 unspecified atom stereocenters. The van der Waals surface area contributed by atoms with E-state index in [0.29, 0.717) is 29.8 Å². The number of aryl methyl sites for hydroxylation is 2. The molecular weight excluding hydrogens is 583 g/mol. The van der Waals surface area contributed by atoms with Gasteiger partial charge in [0.2, 0.25) is 0 Å². The van der Waals surface area contributed by atoms with Gasteiger partial charge >= 0.3 is 11.9 Å². The van der Waals surface area contributed by atoms with Crippen molar-refractivity contribution in [3.05, 3.63) is 75.8 Å². The summed E-state index contributed by atoms with van der Waals surface area (Å²) in [4.78, 5) is 15.3. The summed E-state index contributed by atoms with van der Waals surface area (Å²) in [5.74, 6) is 0. The van der Waals surface area contributed by atoms with Crippen molar-refractivity contribution in [1.29, 1.82) is 0 Å². The van der Waals surface area contributed by atoms with Crippen molar-refractivity contribution in [2.75, 3.05) is 26.2 Å². The van der Waals surface area contributed by atoms with Crippen LogP contribution in [-0.4, -0.2) is 62.7 Å². The lowest BCUT2D eigenvalue weighted by Crippen LogP contribution is -2.40. The number of fused-ring (bicyclic) bond motifs is 2. The van der Waals surface area contributed by atoms with Crippen LogP contribution in [0, 0.1) is 0 Å². The molecule has 0 amide bonds. The highest BCUT2D eigenvalue weighted by molar-refractivity contribution is 7.86. The predicted molar refractivity (Wildman–Crippen MR) is 156 cm³/mol. The Morgan fingerprint density at radius 2 is 1.65 bits per heavy atom. The molecule has 0 saturated carbocycles. The molecule has 14 heteroatoms. The minimum atomic E-state index is -4.46. The van der Waals surface area contributed by atoms with Gasteiger partial charge in [-0.25, -0.2) is 9.93 Å². The van der Waals surface area contributed by atoms with Gasteiger partial charge in [-0.2, -0.15) is 31.0 Å². The molecule has 1 saturated heterocycles. The molecule has 4 heterocycles. The van der Waals surface area contributed by atoms with E-state index in [0.717, 1.165) is 67.8 Å². The molecule has 230 valence electrons. The van der Waals surface area contributed by atoms with Gasteiger partial charge in [0, 0.05) is 69.1 Å². The van der Waals surface area contributed by atoms with E-state index in [1.807, 2.05) is 33.5 Å². The standard InChI is InChI=1S/C29H34F3N7O3S/c1-35-25-5-2-3-6-26(25)39(28(35)40)22-11-16-36(17-12-22)14-4-15-38-24-13-18-37(43(33,41)42)19-23(24)27(34-38)20-7-9-21(10-8-20)29(30,31)32/h2-3,5-10,22H,4,11-19H2,1H3,(H2,33,41,42). The van der Waals surface area contributed by atoms with E-state index in [4.69, 9.17) is 10.2 Å². The van der Waals surface area contributed by atoms with Crippen LogP contribution in [0.2, 0.25) is 0 Å². The van der Waals surface area contributed by atoms with Gasteiger partial charge in [0.05, 0.1) is 22.3 Å². The van der Waals surface area contributed by atoms with Crippen molar-refractivity contribution in [3.8, 4) is 11.3 Å². The molecule has 0 bridgehead atoms. The first kappa shape index (κ1) is 29.6. The van der Waals surface area contributed by atoms with Crippen LogP contribution in [0.1, 0.15) is 42.1 Å². The number of hydrogen-bond acceptors (Lipinski definition) is 5. The van der Waals surface area contributed by atoms with Crippen LogP contribution in [0.4, 0.5) is 13.2 Å². The van der Waals surface area contributed by atoms with Crippen LogP contribution in [0.15, 0.2) is 53.3 Å². The highest BCUT2D eigenvalue weighted by Gasteiger charge is 2.32. The van der Waals surface area contributed by atoms with Crippen LogP contribution in [0.5, 0.6) is 0 Å². The zero-order valence-corrected chi connectivity index (χ0v) is 24.6. The maximum absolute atomic E-state index is 13.1. The molecule has 2 aromatic heterocycles. The molecule has 6 rings (SSSR count). The quantitative estimate of drug-likeness (QED) is 0.341. The van der Waals surface area contributed by atoms with E-state index in [2.05, 4.69) is 4.90 Å². The third-order valence-corrected chi connectivity index (χ3v) is 9.74. The molecule has 2 aliphatic heterocycles. The van der Waals surface area contributed by atoms with E-state index in [9.17, 15) is 26.4 Å². The van der Waals surface area contributed by atoms with Crippen LogP contribution in [0.3, 0.4) is 0 Å². The Hall–Kier alpha value is -3.46. The average Bonchev–Trinajstić information content (AvgIpc) is 3.47.